The zero-order valence-electron chi connectivity index (χ0n) is 5.56. The molecule has 0 atom stereocenters. The second-order valence-electron chi connectivity index (χ2n) is 1.96. The van der Waals surface area contributed by atoms with Crippen LogP contribution >= 0.6 is 38.5 Å². The number of hydrogen-bond acceptors (Lipinski definition) is 2. The number of halogens is 4. The minimum Gasteiger partial charge on any atom is -0.505 e. The van der Waals surface area contributed by atoms with Crippen LogP contribution in [0.25, 0.3) is 0 Å². The largest absolute Gasteiger partial charge is 0.505 e. The quantitative estimate of drug-likeness (QED) is 0.790. The van der Waals surface area contributed by atoms with E-state index in [0.717, 1.165) is 6.20 Å². The van der Waals surface area contributed by atoms with Crippen molar-refractivity contribution in [3.63, 3.8) is 0 Å². The summed E-state index contributed by atoms with van der Waals surface area (Å²) in [6.45, 7) is 0. The number of hydrogen-bond donors (Lipinski definition) is 1. The van der Waals surface area contributed by atoms with Gasteiger partial charge < -0.3 is 5.11 Å². The third kappa shape index (κ3) is 1.85. The molecule has 1 N–H and O–H groups in total. The van der Waals surface area contributed by atoms with Crippen molar-refractivity contribution < 1.29 is 13.9 Å². The molecule has 12 heavy (non-hydrogen) atoms. The Bertz CT molecular complexity index is 308. The average Bonchev–Trinajstić information content (AvgIpc) is 2.00. The van der Waals surface area contributed by atoms with Crippen LogP contribution in [-0.4, -0.2) is 10.1 Å². The lowest BCUT2D eigenvalue weighted by Crippen LogP contribution is -1.94. The van der Waals surface area contributed by atoms with Crippen molar-refractivity contribution in [1.82, 2.24) is 4.98 Å². The number of nitrogens with zero attached hydrogens (tertiary/aromatic N) is 1. The highest BCUT2D eigenvalue weighted by Crippen LogP contribution is 2.33. The van der Waals surface area contributed by atoms with E-state index < -0.39 is 6.43 Å². The van der Waals surface area contributed by atoms with Gasteiger partial charge in [-0.15, -0.1) is 0 Å². The normalized spacial score (nSPS) is 10.8. The first-order chi connectivity index (χ1) is 5.54. The fraction of sp³-hybridized carbons (Fsp3) is 0.167. The molecule has 0 amide bonds. The molecule has 2 nitrogen and oxygen atoms in total. The van der Waals surface area contributed by atoms with E-state index in [1.54, 1.807) is 22.6 Å². The average molecular weight is 350 g/mol. The molecule has 0 bridgehead atoms. The molecule has 0 spiro atoms. The summed E-state index contributed by atoms with van der Waals surface area (Å²) in [7, 11) is 0. The molecule has 6 heteroatoms. The SMILES string of the molecule is Oc1cnc(C(F)F)c(I)c1Br. The molecule has 0 aliphatic heterocycles. The summed E-state index contributed by atoms with van der Waals surface area (Å²) in [6, 6.07) is 0. The molecule has 0 unspecified atom stereocenters. The van der Waals surface area contributed by atoms with Crippen molar-refractivity contribution in [3.05, 3.63) is 19.9 Å². The molecule has 0 aliphatic rings. The molecule has 0 saturated heterocycles. The van der Waals surface area contributed by atoms with E-state index in [9.17, 15) is 8.78 Å². The summed E-state index contributed by atoms with van der Waals surface area (Å²) in [4.78, 5) is 3.40. The van der Waals surface area contributed by atoms with Gasteiger partial charge in [-0.05, 0) is 38.5 Å². The topological polar surface area (TPSA) is 33.1 Å². The van der Waals surface area contributed by atoms with Gasteiger partial charge in [-0.3, -0.25) is 4.98 Å². The fourth-order valence-corrected chi connectivity index (χ4v) is 1.58. The molecule has 1 aromatic rings. The number of rotatable bonds is 1. The third-order valence-electron chi connectivity index (χ3n) is 1.18. The van der Waals surface area contributed by atoms with Crippen LogP contribution in [0, 0.1) is 3.57 Å². The number of aromatic hydroxyl groups is 1. The van der Waals surface area contributed by atoms with Crippen LogP contribution < -0.4 is 0 Å². The highest BCUT2D eigenvalue weighted by molar-refractivity contribution is 14.1. The van der Waals surface area contributed by atoms with Crippen LogP contribution in [0.1, 0.15) is 12.1 Å². The summed E-state index contributed by atoms with van der Waals surface area (Å²) in [5.41, 5.74) is -0.319. The van der Waals surface area contributed by atoms with E-state index in [1.165, 1.54) is 0 Å². The second-order valence-corrected chi connectivity index (χ2v) is 3.83. The summed E-state index contributed by atoms with van der Waals surface area (Å²) in [5, 5.41) is 9.05. The molecule has 1 rings (SSSR count). The standard InChI is InChI=1S/C6H3BrF2INO/c7-3-2(12)1-11-5(4(3)10)6(8)9/h1,6,12H. The fourth-order valence-electron chi connectivity index (χ4n) is 0.621. The van der Waals surface area contributed by atoms with Gasteiger partial charge in [-0.2, -0.15) is 0 Å². The smallest absolute Gasteiger partial charge is 0.281 e. The van der Waals surface area contributed by atoms with E-state index in [-0.39, 0.29) is 19.5 Å². The minimum atomic E-state index is -2.62. The van der Waals surface area contributed by atoms with Gasteiger partial charge in [0.2, 0.25) is 0 Å². The van der Waals surface area contributed by atoms with Gasteiger partial charge in [0.15, 0.2) is 0 Å². The van der Waals surface area contributed by atoms with Crippen LogP contribution in [0.15, 0.2) is 10.7 Å². The monoisotopic (exact) mass is 349 g/mol. The molecule has 0 aromatic carbocycles. The predicted molar refractivity (Wildman–Crippen MR) is 51.3 cm³/mol. The van der Waals surface area contributed by atoms with Crippen molar-refractivity contribution in [3.8, 4) is 5.75 Å². The molecule has 0 radical (unpaired) electrons. The maximum absolute atomic E-state index is 12.2. The van der Waals surface area contributed by atoms with Crippen LogP contribution in [-0.2, 0) is 0 Å². The predicted octanol–water partition coefficient (Wildman–Crippen LogP) is 3.09. The Hall–Kier alpha value is 0.0200. The Morgan fingerprint density at radius 1 is 1.58 bits per heavy atom. The van der Waals surface area contributed by atoms with E-state index in [4.69, 9.17) is 5.11 Å². The highest BCUT2D eigenvalue weighted by atomic mass is 127. The Balaban J connectivity index is 3.27. The van der Waals surface area contributed by atoms with Gasteiger partial charge in [-0.1, -0.05) is 0 Å². The van der Waals surface area contributed by atoms with Crippen molar-refractivity contribution in [2.24, 2.45) is 0 Å². The lowest BCUT2D eigenvalue weighted by Gasteiger charge is -2.04. The van der Waals surface area contributed by atoms with E-state index in [2.05, 4.69) is 20.9 Å². The van der Waals surface area contributed by atoms with Crippen LogP contribution in [0.2, 0.25) is 0 Å². The zero-order chi connectivity index (χ0) is 9.30. The van der Waals surface area contributed by atoms with Gasteiger partial charge in [0.25, 0.3) is 6.43 Å². The van der Waals surface area contributed by atoms with Gasteiger partial charge in [-0.25, -0.2) is 8.78 Å². The number of pyridine rings is 1. The molecule has 0 saturated carbocycles. The van der Waals surface area contributed by atoms with Gasteiger partial charge in [0.05, 0.1) is 14.2 Å². The molecular formula is C6H3BrF2INO. The van der Waals surface area contributed by atoms with E-state index in [0.29, 0.717) is 0 Å². The lowest BCUT2D eigenvalue weighted by molar-refractivity contribution is 0.144. The first-order valence-electron chi connectivity index (χ1n) is 2.85. The van der Waals surface area contributed by atoms with Crippen molar-refractivity contribution >= 4 is 38.5 Å². The van der Waals surface area contributed by atoms with Crippen molar-refractivity contribution in [2.75, 3.05) is 0 Å². The minimum absolute atomic E-state index is 0.135. The Morgan fingerprint density at radius 2 is 2.17 bits per heavy atom. The molecule has 0 aliphatic carbocycles. The molecule has 1 aromatic heterocycles. The number of alkyl halides is 2. The van der Waals surface area contributed by atoms with Crippen LogP contribution in [0.4, 0.5) is 8.78 Å². The summed E-state index contributed by atoms with van der Waals surface area (Å²) in [6.07, 6.45) is -1.62. The third-order valence-corrected chi connectivity index (χ3v) is 3.81. The van der Waals surface area contributed by atoms with Gasteiger partial charge >= 0.3 is 0 Å². The molecule has 0 fully saturated rings. The van der Waals surface area contributed by atoms with Gasteiger partial charge in [0.1, 0.15) is 11.4 Å². The summed E-state index contributed by atoms with van der Waals surface area (Å²) in [5.74, 6) is -0.135. The Labute approximate surface area is 89.3 Å². The summed E-state index contributed by atoms with van der Waals surface area (Å²) < 4.78 is 24.8. The molecule has 1 heterocycles. The highest BCUT2D eigenvalue weighted by Gasteiger charge is 2.17. The maximum Gasteiger partial charge on any atom is 0.281 e. The van der Waals surface area contributed by atoms with Crippen molar-refractivity contribution in [2.45, 2.75) is 6.43 Å². The second kappa shape index (κ2) is 3.82. The Kier molecular flexibility index (Phi) is 3.22. The van der Waals surface area contributed by atoms with Crippen molar-refractivity contribution in [1.29, 1.82) is 0 Å². The first kappa shape index (κ1) is 10.1. The van der Waals surface area contributed by atoms with Crippen LogP contribution in [0.5, 0.6) is 5.75 Å². The van der Waals surface area contributed by atoms with Gasteiger partial charge in [0, 0.05) is 0 Å². The van der Waals surface area contributed by atoms with Crippen LogP contribution in [0.3, 0.4) is 0 Å². The summed E-state index contributed by atoms with van der Waals surface area (Å²) >= 11 is 4.66. The first-order valence-corrected chi connectivity index (χ1v) is 4.72. The van der Waals surface area contributed by atoms with E-state index >= 15 is 0 Å². The molecular weight excluding hydrogens is 347 g/mol. The number of aromatic nitrogens is 1. The van der Waals surface area contributed by atoms with E-state index in [1.807, 2.05) is 0 Å². The lowest BCUT2D eigenvalue weighted by atomic mass is 10.3. The maximum atomic E-state index is 12.2. The Morgan fingerprint density at radius 3 is 2.67 bits per heavy atom. The zero-order valence-corrected chi connectivity index (χ0v) is 9.30. The molecule has 66 valence electrons.